The van der Waals surface area contributed by atoms with E-state index in [1.165, 1.54) is 30.3 Å². The minimum absolute atomic E-state index is 0.0502. The van der Waals surface area contributed by atoms with Gasteiger partial charge in [0.15, 0.2) is 18.1 Å². The highest BCUT2D eigenvalue weighted by atomic mass is 35.5. The van der Waals surface area contributed by atoms with Crippen LogP contribution < -0.4 is 14.8 Å². The van der Waals surface area contributed by atoms with E-state index in [9.17, 15) is 18.4 Å². The van der Waals surface area contributed by atoms with Crippen LogP contribution >= 0.6 is 23.2 Å². The minimum Gasteiger partial charge on any atom is -0.452 e. The second kappa shape index (κ2) is 6.97. The van der Waals surface area contributed by atoms with Crippen LogP contribution in [0.15, 0.2) is 36.4 Å². The Bertz CT molecular complexity index is 891. The summed E-state index contributed by atoms with van der Waals surface area (Å²) in [5.41, 5.74) is 0.213. The molecule has 2 aromatic carbocycles. The molecule has 0 spiro atoms. The number of anilines is 1. The number of nitrogens with one attached hydrogen (secondary N) is 1. The Kier molecular flexibility index (Phi) is 4.88. The van der Waals surface area contributed by atoms with Crippen molar-refractivity contribution in [3.8, 4) is 11.5 Å². The number of benzene rings is 2. The molecule has 1 aliphatic rings. The monoisotopic (exact) mass is 403 g/mol. The molecule has 0 radical (unpaired) electrons. The van der Waals surface area contributed by atoms with E-state index in [1.807, 2.05) is 0 Å². The van der Waals surface area contributed by atoms with Crippen molar-refractivity contribution in [3.05, 3.63) is 52.0 Å². The number of esters is 1. The number of rotatable bonds is 4. The number of carbonyl (C=O) groups is 2. The van der Waals surface area contributed by atoms with Crippen LogP contribution in [0.5, 0.6) is 11.5 Å². The largest absolute Gasteiger partial charge is 0.586 e. The lowest BCUT2D eigenvalue weighted by molar-refractivity contribution is -0.286. The van der Waals surface area contributed by atoms with Gasteiger partial charge in [-0.25, -0.2) is 4.79 Å². The molecule has 1 N–H and O–H groups in total. The van der Waals surface area contributed by atoms with Gasteiger partial charge in [0.2, 0.25) is 0 Å². The van der Waals surface area contributed by atoms with Gasteiger partial charge >= 0.3 is 12.3 Å². The van der Waals surface area contributed by atoms with E-state index in [1.54, 1.807) is 0 Å². The van der Waals surface area contributed by atoms with Crippen molar-refractivity contribution in [2.45, 2.75) is 6.29 Å². The smallest absolute Gasteiger partial charge is 0.452 e. The molecule has 136 valence electrons. The van der Waals surface area contributed by atoms with E-state index in [0.29, 0.717) is 5.02 Å². The zero-order chi connectivity index (χ0) is 18.9. The summed E-state index contributed by atoms with van der Waals surface area (Å²) in [4.78, 5) is 23.8. The molecular formula is C16H9Cl2F2NO5. The molecule has 0 unspecified atom stereocenters. The van der Waals surface area contributed by atoms with Crippen molar-refractivity contribution in [3.63, 3.8) is 0 Å². The number of fused-ring (bicyclic) bond motifs is 1. The zero-order valence-electron chi connectivity index (χ0n) is 12.7. The molecule has 3 rings (SSSR count). The summed E-state index contributed by atoms with van der Waals surface area (Å²) in [7, 11) is 0. The Balaban J connectivity index is 1.57. The second-order valence-electron chi connectivity index (χ2n) is 5.08. The Morgan fingerprint density at radius 3 is 2.54 bits per heavy atom. The van der Waals surface area contributed by atoms with Crippen LogP contribution in [0.1, 0.15) is 10.4 Å². The van der Waals surface area contributed by atoms with Gasteiger partial charge in [-0.2, -0.15) is 0 Å². The maximum Gasteiger partial charge on any atom is 0.586 e. The highest BCUT2D eigenvalue weighted by Crippen LogP contribution is 2.42. The number of hydrogen-bond acceptors (Lipinski definition) is 5. The van der Waals surface area contributed by atoms with Gasteiger partial charge in [-0.05, 0) is 30.3 Å². The maximum absolute atomic E-state index is 13.0. The molecule has 0 aromatic heterocycles. The lowest BCUT2D eigenvalue weighted by atomic mass is 10.2. The molecule has 0 fully saturated rings. The quantitative estimate of drug-likeness (QED) is 0.777. The zero-order valence-corrected chi connectivity index (χ0v) is 14.2. The summed E-state index contributed by atoms with van der Waals surface area (Å²) >= 11 is 11.6. The van der Waals surface area contributed by atoms with E-state index >= 15 is 0 Å². The van der Waals surface area contributed by atoms with Crippen molar-refractivity contribution in [1.29, 1.82) is 0 Å². The molecule has 0 aliphatic carbocycles. The number of hydrogen-bond donors (Lipinski definition) is 1. The summed E-state index contributed by atoms with van der Waals surface area (Å²) < 4.78 is 39.3. The van der Waals surface area contributed by atoms with Crippen molar-refractivity contribution in [1.82, 2.24) is 0 Å². The van der Waals surface area contributed by atoms with Crippen LogP contribution in [0.4, 0.5) is 14.5 Å². The minimum atomic E-state index is -3.75. The van der Waals surface area contributed by atoms with Gasteiger partial charge in [-0.3, -0.25) is 4.79 Å². The third kappa shape index (κ3) is 4.14. The molecular weight excluding hydrogens is 395 g/mol. The molecule has 0 saturated carbocycles. The van der Waals surface area contributed by atoms with Gasteiger partial charge in [0.25, 0.3) is 5.91 Å². The Morgan fingerprint density at radius 1 is 1.08 bits per heavy atom. The van der Waals surface area contributed by atoms with Crippen molar-refractivity contribution < 1.29 is 32.6 Å². The van der Waals surface area contributed by atoms with E-state index < -0.39 is 24.8 Å². The van der Waals surface area contributed by atoms with Crippen LogP contribution in [0.2, 0.25) is 10.0 Å². The summed E-state index contributed by atoms with van der Waals surface area (Å²) in [5, 5.41) is 2.81. The predicted molar refractivity (Wildman–Crippen MR) is 88.0 cm³/mol. The molecule has 10 heteroatoms. The van der Waals surface area contributed by atoms with Gasteiger partial charge in [-0.1, -0.05) is 23.2 Å². The Hall–Kier alpha value is -2.58. The van der Waals surface area contributed by atoms with Gasteiger partial charge in [0.05, 0.1) is 10.6 Å². The third-order valence-corrected chi connectivity index (χ3v) is 3.72. The second-order valence-corrected chi connectivity index (χ2v) is 5.92. The molecule has 0 atom stereocenters. The first-order valence-electron chi connectivity index (χ1n) is 7.05. The van der Waals surface area contributed by atoms with Crippen LogP contribution in [0, 0.1) is 0 Å². The molecule has 6 nitrogen and oxygen atoms in total. The summed E-state index contributed by atoms with van der Waals surface area (Å²) in [6.45, 7) is -0.609. The molecule has 1 amide bonds. The van der Waals surface area contributed by atoms with Crippen LogP contribution in [0.3, 0.4) is 0 Å². The predicted octanol–water partition coefficient (Wildman–Crippen LogP) is 4.11. The third-order valence-electron chi connectivity index (χ3n) is 3.17. The summed E-state index contributed by atoms with van der Waals surface area (Å²) in [6.07, 6.45) is -3.75. The van der Waals surface area contributed by atoms with Crippen molar-refractivity contribution >= 4 is 40.8 Å². The van der Waals surface area contributed by atoms with Crippen molar-refractivity contribution in [2.24, 2.45) is 0 Å². The van der Waals surface area contributed by atoms with Crippen LogP contribution in [-0.2, 0) is 9.53 Å². The highest BCUT2D eigenvalue weighted by Gasteiger charge is 2.43. The molecule has 1 aliphatic heterocycles. The highest BCUT2D eigenvalue weighted by molar-refractivity contribution is 6.36. The van der Waals surface area contributed by atoms with Crippen molar-refractivity contribution in [2.75, 3.05) is 11.9 Å². The lowest BCUT2D eigenvalue weighted by Gasteiger charge is -2.08. The fraction of sp³-hybridized carbons (Fsp3) is 0.125. The fourth-order valence-corrected chi connectivity index (χ4v) is 2.57. The van der Waals surface area contributed by atoms with E-state index in [0.717, 1.165) is 6.07 Å². The van der Waals surface area contributed by atoms with Gasteiger partial charge in [0, 0.05) is 16.8 Å². The maximum atomic E-state index is 13.0. The van der Waals surface area contributed by atoms with Gasteiger partial charge < -0.3 is 19.5 Å². The van der Waals surface area contributed by atoms with E-state index in [2.05, 4.69) is 14.8 Å². The number of ether oxygens (including phenoxy) is 3. The SMILES string of the molecule is O=C(COC(=O)c1ccc(Cl)cc1Cl)Nc1ccc2c(c1)OC(F)(F)O2. The topological polar surface area (TPSA) is 73.9 Å². The average molecular weight is 404 g/mol. The average Bonchev–Trinajstić information content (AvgIpc) is 2.85. The Labute approximate surface area is 155 Å². The van der Waals surface area contributed by atoms with Crippen LogP contribution in [0.25, 0.3) is 0 Å². The number of alkyl halides is 2. The van der Waals surface area contributed by atoms with E-state index in [-0.39, 0.29) is 27.8 Å². The fourth-order valence-electron chi connectivity index (χ4n) is 2.09. The summed E-state index contributed by atoms with van der Waals surface area (Å²) in [5.74, 6) is -1.88. The first kappa shape index (κ1) is 18.2. The standard InChI is InChI=1S/C16H9Cl2F2NO5/c17-8-1-3-10(11(18)5-8)15(23)24-7-14(22)21-9-2-4-12-13(6-9)26-16(19,20)25-12/h1-6H,7H2,(H,21,22). The summed E-state index contributed by atoms with van der Waals surface area (Å²) in [6, 6.07) is 7.88. The number of carbonyl (C=O) groups excluding carboxylic acids is 2. The normalized spacial score (nSPS) is 14.0. The van der Waals surface area contributed by atoms with Gasteiger partial charge in [0.1, 0.15) is 0 Å². The van der Waals surface area contributed by atoms with E-state index in [4.69, 9.17) is 27.9 Å². The molecule has 0 bridgehead atoms. The molecule has 1 heterocycles. The molecule has 2 aromatic rings. The van der Waals surface area contributed by atoms with Gasteiger partial charge in [-0.15, -0.1) is 8.78 Å². The first-order valence-corrected chi connectivity index (χ1v) is 7.81. The first-order chi connectivity index (χ1) is 12.2. The number of halogens is 4. The molecule has 26 heavy (non-hydrogen) atoms. The lowest BCUT2D eigenvalue weighted by Crippen LogP contribution is -2.25. The molecule has 0 saturated heterocycles. The number of amides is 1. The van der Waals surface area contributed by atoms with Crippen LogP contribution in [-0.4, -0.2) is 24.8 Å². The Morgan fingerprint density at radius 2 is 1.81 bits per heavy atom.